The first-order valence-electron chi connectivity index (χ1n) is 4.62. The van der Waals surface area contributed by atoms with E-state index >= 15 is 0 Å². The minimum absolute atomic E-state index is 0.251. The van der Waals surface area contributed by atoms with Gasteiger partial charge in [-0.15, -0.1) is 0 Å². The quantitative estimate of drug-likeness (QED) is 0.514. The van der Waals surface area contributed by atoms with E-state index in [0.717, 1.165) is 5.57 Å². The molecule has 0 bridgehead atoms. The highest BCUT2D eigenvalue weighted by molar-refractivity contribution is 5.59. The molecule has 0 atom stereocenters. The second-order valence-electron chi connectivity index (χ2n) is 3.32. The van der Waals surface area contributed by atoms with Crippen molar-refractivity contribution in [2.45, 2.75) is 20.8 Å². The third-order valence-corrected chi connectivity index (χ3v) is 1.52. The van der Waals surface area contributed by atoms with Crippen molar-refractivity contribution in [3.05, 3.63) is 23.8 Å². The molecule has 3 nitrogen and oxygen atoms in total. The number of methoxy groups -OCH3 is 1. The summed E-state index contributed by atoms with van der Waals surface area (Å²) in [6.45, 7) is 6.42. The van der Waals surface area contributed by atoms with Crippen LogP contribution < -0.4 is 0 Å². The van der Waals surface area contributed by atoms with Gasteiger partial charge < -0.3 is 9.47 Å². The monoisotopic (exact) mass is 198 g/mol. The Morgan fingerprint density at radius 1 is 1.43 bits per heavy atom. The highest BCUT2D eigenvalue weighted by atomic mass is 16.7. The highest BCUT2D eigenvalue weighted by Crippen LogP contribution is 2.00. The lowest BCUT2D eigenvalue weighted by atomic mass is 10.1. The van der Waals surface area contributed by atoms with Gasteiger partial charge in [-0.05, 0) is 18.9 Å². The van der Waals surface area contributed by atoms with Crippen LogP contribution in [0.5, 0.6) is 0 Å². The molecule has 0 spiro atoms. The molecule has 0 aliphatic heterocycles. The number of ether oxygens (including phenoxy) is 2. The molecule has 0 aromatic carbocycles. The SMILES string of the molecule is COC(=O)OC/C=C(C)/C=C/C(C)C. The first-order valence-corrected chi connectivity index (χ1v) is 4.62. The van der Waals surface area contributed by atoms with Gasteiger partial charge in [-0.3, -0.25) is 0 Å². The molecule has 0 heterocycles. The van der Waals surface area contributed by atoms with Crippen LogP contribution in [-0.2, 0) is 9.47 Å². The highest BCUT2D eigenvalue weighted by Gasteiger charge is 1.96. The summed E-state index contributed by atoms with van der Waals surface area (Å²) >= 11 is 0. The van der Waals surface area contributed by atoms with Crippen molar-refractivity contribution in [1.82, 2.24) is 0 Å². The third kappa shape index (κ3) is 7.40. The number of carbonyl (C=O) groups is 1. The van der Waals surface area contributed by atoms with Gasteiger partial charge in [0, 0.05) is 0 Å². The summed E-state index contributed by atoms with van der Waals surface area (Å²) in [7, 11) is 1.29. The Morgan fingerprint density at radius 2 is 2.07 bits per heavy atom. The number of hydrogen-bond donors (Lipinski definition) is 0. The number of carbonyl (C=O) groups excluding carboxylic acids is 1. The maximum Gasteiger partial charge on any atom is 0.508 e. The average molecular weight is 198 g/mol. The zero-order valence-electron chi connectivity index (χ0n) is 9.24. The van der Waals surface area contributed by atoms with Crippen LogP contribution >= 0.6 is 0 Å². The van der Waals surface area contributed by atoms with Crippen molar-refractivity contribution in [2.24, 2.45) is 5.92 Å². The first kappa shape index (κ1) is 12.8. The largest absolute Gasteiger partial charge is 0.508 e. The van der Waals surface area contributed by atoms with Crippen LogP contribution in [0.1, 0.15) is 20.8 Å². The van der Waals surface area contributed by atoms with E-state index in [1.165, 1.54) is 7.11 Å². The molecule has 80 valence electrons. The molecule has 0 saturated carbocycles. The van der Waals surface area contributed by atoms with Crippen molar-refractivity contribution < 1.29 is 14.3 Å². The molecule has 0 saturated heterocycles. The van der Waals surface area contributed by atoms with Crippen molar-refractivity contribution in [3.8, 4) is 0 Å². The molecule has 0 amide bonds. The fraction of sp³-hybridized carbons (Fsp3) is 0.545. The molecule has 0 aromatic rings. The smallest absolute Gasteiger partial charge is 0.438 e. The summed E-state index contributed by atoms with van der Waals surface area (Å²) < 4.78 is 9.02. The lowest BCUT2D eigenvalue weighted by molar-refractivity contribution is 0.0817. The molecule has 0 unspecified atom stereocenters. The van der Waals surface area contributed by atoms with Crippen molar-refractivity contribution in [3.63, 3.8) is 0 Å². The van der Waals surface area contributed by atoms with Gasteiger partial charge in [0.15, 0.2) is 0 Å². The molecule has 0 rings (SSSR count). The molecule has 0 aliphatic rings. The number of allylic oxidation sites excluding steroid dienone is 3. The van der Waals surface area contributed by atoms with Gasteiger partial charge in [0.2, 0.25) is 0 Å². The van der Waals surface area contributed by atoms with E-state index in [1.54, 1.807) is 0 Å². The van der Waals surface area contributed by atoms with Crippen molar-refractivity contribution >= 4 is 6.16 Å². The van der Waals surface area contributed by atoms with E-state index in [1.807, 2.05) is 19.1 Å². The zero-order valence-corrected chi connectivity index (χ0v) is 9.24. The van der Waals surface area contributed by atoms with Gasteiger partial charge in [-0.25, -0.2) is 4.79 Å². The average Bonchev–Trinajstić information content (AvgIpc) is 2.14. The summed E-state index contributed by atoms with van der Waals surface area (Å²) in [4.78, 5) is 10.6. The fourth-order valence-electron chi connectivity index (χ4n) is 0.712. The lowest BCUT2D eigenvalue weighted by Crippen LogP contribution is -2.03. The Kier molecular flexibility index (Phi) is 6.54. The van der Waals surface area contributed by atoms with Gasteiger partial charge in [-0.1, -0.05) is 31.6 Å². The molecule has 3 heteroatoms. The van der Waals surface area contributed by atoms with Crippen LogP contribution in [0.3, 0.4) is 0 Å². The Morgan fingerprint density at radius 3 is 2.57 bits per heavy atom. The van der Waals surface area contributed by atoms with Crippen LogP contribution in [-0.4, -0.2) is 19.9 Å². The van der Waals surface area contributed by atoms with E-state index in [2.05, 4.69) is 24.7 Å². The Hall–Kier alpha value is -1.25. The third-order valence-electron chi connectivity index (χ3n) is 1.52. The van der Waals surface area contributed by atoms with E-state index in [4.69, 9.17) is 4.74 Å². The van der Waals surface area contributed by atoms with Crippen molar-refractivity contribution in [1.29, 1.82) is 0 Å². The van der Waals surface area contributed by atoms with Gasteiger partial charge in [0.1, 0.15) is 6.61 Å². The first-order chi connectivity index (χ1) is 6.56. The fourth-order valence-corrected chi connectivity index (χ4v) is 0.712. The molecular weight excluding hydrogens is 180 g/mol. The van der Waals surface area contributed by atoms with E-state index in [9.17, 15) is 4.79 Å². The summed E-state index contributed by atoms with van der Waals surface area (Å²) in [5.74, 6) is 0.528. The zero-order chi connectivity index (χ0) is 11.0. The Bertz CT molecular complexity index is 227. The van der Waals surface area contributed by atoms with E-state index < -0.39 is 6.16 Å². The minimum Gasteiger partial charge on any atom is -0.438 e. The Balaban J connectivity index is 3.83. The predicted octanol–water partition coefficient (Wildman–Crippen LogP) is 2.93. The molecule has 0 radical (unpaired) electrons. The summed E-state index contributed by atoms with van der Waals surface area (Å²) in [5, 5.41) is 0. The molecular formula is C11H18O3. The van der Waals surface area contributed by atoms with Gasteiger partial charge in [-0.2, -0.15) is 0 Å². The maximum absolute atomic E-state index is 10.6. The topological polar surface area (TPSA) is 35.5 Å². The van der Waals surface area contributed by atoms with Crippen LogP contribution in [0.15, 0.2) is 23.8 Å². The minimum atomic E-state index is -0.651. The van der Waals surface area contributed by atoms with Gasteiger partial charge in [0.25, 0.3) is 0 Å². The number of rotatable bonds is 4. The molecule has 0 aromatic heterocycles. The standard InChI is InChI=1S/C11H18O3/c1-9(2)5-6-10(3)7-8-14-11(12)13-4/h5-7,9H,8H2,1-4H3/b6-5+,10-7+. The predicted molar refractivity (Wildman–Crippen MR) is 56.1 cm³/mol. The second-order valence-corrected chi connectivity index (χ2v) is 3.32. The molecule has 0 fully saturated rings. The van der Waals surface area contributed by atoms with Crippen LogP contribution in [0.4, 0.5) is 4.79 Å². The molecule has 0 aliphatic carbocycles. The van der Waals surface area contributed by atoms with Crippen LogP contribution in [0.25, 0.3) is 0 Å². The Labute approximate surface area is 85.4 Å². The lowest BCUT2D eigenvalue weighted by Gasteiger charge is -1.99. The normalized spacial score (nSPS) is 12.2. The van der Waals surface area contributed by atoms with Crippen LogP contribution in [0.2, 0.25) is 0 Å². The summed E-state index contributed by atoms with van der Waals surface area (Å²) in [6, 6.07) is 0. The summed E-state index contributed by atoms with van der Waals surface area (Å²) in [6.07, 6.45) is 5.27. The summed E-state index contributed by atoms with van der Waals surface area (Å²) in [5.41, 5.74) is 1.07. The second kappa shape index (κ2) is 7.18. The van der Waals surface area contributed by atoms with E-state index in [0.29, 0.717) is 5.92 Å². The van der Waals surface area contributed by atoms with Gasteiger partial charge >= 0.3 is 6.16 Å². The molecule has 0 N–H and O–H groups in total. The van der Waals surface area contributed by atoms with Gasteiger partial charge in [0.05, 0.1) is 7.11 Å². The number of hydrogen-bond acceptors (Lipinski definition) is 3. The maximum atomic E-state index is 10.6. The molecule has 14 heavy (non-hydrogen) atoms. The van der Waals surface area contributed by atoms with E-state index in [-0.39, 0.29) is 6.61 Å². The van der Waals surface area contributed by atoms with Crippen LogP contribution in [0, 0.1) is 5.92 Å². The van der Waals surface area contributed by atoms with Crippen molar-refractivity contribution in [2.75, 3.05) is 13.7 Å².